The number of nitrogens with one attached hydrogen (secondary N) is 1. The fourth-order valence-electron chi connectivity index (χ4n) is 1.50. The summed E-state index contributed by atoms with van der Waals surface area (Å²) in [6.45, 7) is 3.72. The van der Waals surface area contributed by atoms with Crippen molar-refractivity contribution in [3.8, 4) is 0 Å². The van der Waals surface area contributed by atoms with Gasteiger partial charge in [-0.1, -0.05) is 0 Å². The molecule has 0 heterocycles. The molecule has 0 fully saturated rings. The molecule has 20 heavy (non-hydrogen) atoms. The molecule has 0 aliphatic carbocycles. The predicted molar refractivity (Wildman–Crippen MR) is 74.5 cm³/mol. The number of thioether (sulfide) groups is 1. The van der Waals surface area contributed by atoms with Crippen molar-refractivity contribution in [3.05, 3.63) is 23.8 Å². The molecule has 0 aliphatic rings. The zero-order valence-corrected chi connectivity index (χ0v) is 12.1. The molecule has 3 N–H and O–H groups in total. The molecule has 0 aliphatic heterocycles. The lowest BCUT2D eigenvalue weighted by molar-refractivity contribution is -0.137. The summed E-state index contributed by atoms with van der Waals surface area (Å²) in [6, 6.07) is 3.32. The first-order valence-corrected chi connectivity index (χ1v) is 7.07. The van der Waals surface area contributed by atoms with Gasteiger partial charge in [0.1, 0.15) is 0 Å². The second-order valence-corrected chi connectivity index (χ2v) is 5.71. The maximum atomic E-state index is 12.5. The second-order valence-electron chi connectivity index (χ2n) is 4.57. The van der Waals surface area contributed by atoms with E-state index in [4.69, 9.17) is 5.73 Å². The molecule has 0 saturated carbocycles. The number of amides is 1. The molecule has 1 rings (SSSR count). The molecule has 0 unspecified atom stereocenters. The number of carbonyl (C=O) groups excluding carboxylic acids is 1. The topological polar surface area (TPSA) is 55.1 Å². The predicted octanol–water partition coefficient (Wildman–Crippen LogP) is 3.29. The third-order valence-electron chi connectivity index (χ3n) is 2.37. The Balaban J connectivity index is 2.55. The Labute approximate surface area is 120 Å². The quantitative estimate of drug-likeness (QED) is 0.648. The Morgan fingerprint density at radius 3 is 2.55 bits per heavy atom. The van der Waals surface area contributed by atoms with E-state index in [-0.39, 0.29) is 17.6 Å². The van der Waals surface area contributed by atoms with E-state index in [2.05, 4.69) is 5.32 Å². The highest BCUT2D eigenvalue weighted by molar-refractivity contribution is 7.99. The fourth-order valence-corrected chi connectivity index (χ4v) is 2.40. The Kier molecular flexibility index (Phi) is 5.74. The Morgan fingerprint density at radius 1 is 1.40 bits per heavy atom. The van der Waals surface area contributed by atoms with Crippen LogP contribution in [0.15, 0.2) is 23.1 Å². The minimum absolute atomic E-state index is 0.0728. The molecule has 0 bridgehead atoms. The standard InChI is InChI=1S/C13H17F3N2OS/c1-8(2)18-12(19)5-6-20-11-4-3-9(7-10(11)17)13(14,15)16/h3-4,7-8H,5-6,17H2,1-2H3,(H,18,19). The van der Waals surface area contributed by atoms with Gasteiger partial charge in [0.05, 0.1) is 5.56 Å². The summed E-state index contributed by atoms with van der Waals surface area (Å²) in [6.07, 6.45) is -4.10. The highest BCUT2D eigenvalue weighted by atomic mass is 32.2. The first-order valence-electron chi connectivity index (χ1n) is 6.09. The van der Waals surface area contributed by atoms with Crippen LogP contribution in [-0.2, 0) is 11.0 Å². The Morgan fingerprint density at radius 2 is 2.05 bits per heavy atom. The van der Waals surface area contributed by atoms with Gasteiger partial charge in [-0.25, -0.2) is 0 Å². The number of halogens is 3. The van der Waals surface area contributed by atoms with Crippen LogP contribution >= 0.6 is 11.8 Å². The van der Waals surface area contributed by atoms with E-state index in [0.29, 0.717) is 17.1 Å². The van der Waals surface area contributed by atoms with Crippen molar-refractivity contribution in [2.45, 2.75) is 37.4 Å². The molecule has 0 radical (unpaired) electrons. The molecule has 0 aromatic heterocycles. The summed E-state index contributed by atoms with van der Waals surface area (Å²) >= 11 is 1.27. The number of carbonyl (C=O) groups is 1. The first-order chi connectivity index (χ1) is 9.20. The van der Waals surface area contributed by atoms with Gasteiger partial charge in [0.15, 0.2) is 0 Å². The molecular weight excluding hydrogens is 289 g/mol. The van der Waals surface area contributed by atoms with E-state index in [1.807, 2.05) is 13.8 Å². The minimum Gasteiger partial charge on any atom is -0.398 e. The first kappa shape index (κ1) is 16.7. The molecule has 0 atom stereocenters. The van der Waals surface area contributed by atoms with Crippen LogP contribution in [0.3, 0.4) is 0 Å². The molecule has 7 heteroatoms. The van der Waals surface area contributed by atoms with E-state index < -0.39 is 11.7 Å². The van der Waals surface area contributed by atoms with Crippen molar-refractivity contribution in [1.82, 2.24) is 5.32 Å². The molecule has 0 saturated heterocycles. The largest absolute Gasteiger partial charge is 0.416 e. The van der Waals surface area contributed by atoms with Gasteiger partial charge >= 0.3 is 6.18 Å². The van der Waals surface area contributed by atoms with Crippen molar-refractivity contribution >= 4 is 23.4 Å². The Bertz CT molecular complexity index is 475. The number of hydrogen-bond acceptors (Lipinski definition) is 3. The highest BCUT2D eigenvalue weighted by Crippen LogP contribution is 2.34. The molecule has 1 aromatic carbocycles. The average Bonchev–Trinajstić information content (AvgIpc) is 2.28. The van der Waals surface area contributed by atoms with Crippen LogP contribution in [0.4, 0.5) is 18.9 Å². The van der Waals surface area contributed by atoms with Crippen LogP contribution in [0.25, 0.3) is 0 Å². The SMILES string of the molecule is CC(C)NC(=O)CCSc1ccc(C(F)(F)F)cc1N. The van der Waals surface area contributed by atoms with E-state index in [9.17, 15) is 18.0 Å². The summed E-state index contributed by atoms with van der Waals surface area (Å²) in [4.78, 5) is 12.0. The van der Waals surface area contributed by atoms with Crippen LogP contribution in [-0.4, -0.2) is 17.7 Å². The number of alkyl halides is 3. The van der Waals surface area contributed by atoms with Gasteiger partial charge in [-0.15, -0.1) is 11.8 Å². The van der Waals surface area contributed by atoms with Gasteiger partial charge in [-0.3, -0.25) is 4.79 Å². The smallest absolute Gasteiger partial charge is 0.398 e. The zero-order valence-electron chi connectivity index (χ0n) is 11.3. The zero-order chi connectivity index (χ0) is 15.3. The van der Waals surface area contributed by atoms with Gasteiger partial charge in [0, 0.05) is 28.8 Å². The lowest BCUT2D eigenvalue weighted by Gasteiger charge is -2.11. The molecular formula is C13H17F3N2OS. The van der Waals surface area contributed by atoms with E-state index in [1.165, 1.54) is 17.8 Å². The van der Waals surface area contributed by atoms with Crippen molar-refractivity contribution in [3.63, 3.8) is 0 Å². The van der Waals surface area contributed by atoms with Gasteiger partial charge in [0.2, 0.25) is 5.91 Å². The summed E-state index contributed by atoms with van der Waals surface area (Å²) in [5, 5.41) is 2.74. The van der Waals surface area contributed by atoms with Crippen molar-refractivity contribution in [1.29, 1.82) is 0 Å². The molecule has 1 amide bonds. The number of nitrogens with two attached hydrogens (primary N) is 1. The maximum Gasteiger partial charge on any atom is 0.416 e. The molecule has 0 spiro atoms. The summed E-state index contributed by atoms with van der Waals surface area (Å²) in [5.74, 6) is 0.381. The van der Waals surface area contributed by atoms with Gasteiger partial charge in [-0.05, 0) is 32.0 Å². The number of rotatable bonds is 5. The number of anilines is 1. The van der Waals surface area contributed by atoms with Crippen LogP contribution < -0.4 is 11.1 Å². The molecule has 112 valence electrons. The van der Waals surface area contributed by atoms with Crippen LogP contribution in [0, 0.1) is 0 Å². The highest BCUT2D eigenvalue weighted by Gasteiger charge is 2.30. The summed E-state index contributed by atoms with van der Waals surface area (Å²) in [5.41, 5.74) is 4.91. The second kappa shape index (κ2) is 6.88. The molecule has 3 nitrogen and oxygen atoms in total. The number of nitrogen functional groups attached to an aromatic ring is 1. The molecule has 1 aromatic rings. The summed E-state index contributed by atoms with van der Waals surface area (Å²) in [7, 11) is 0. The lowest BCUT2D eigenvalue weighted by atomic mass is 10.2. The van der Waals surface area contributed by atoms with Crippen molar-refractivity contribution in [2.75, 3.05) is 11.5 Å². The van der Waals surface area contributed by atoms with Crippen LogP contribution in [0.5, 0.6) is 0 Å². The normalized spacial score (nSPS) is 11.7. The van der Waals surface area contributed by atoms with E-state index in [0.717, 1.165) is 12.1 Å². The van der Waals surface area contributed by atoms with Crippen molar-refractivity contribution in [2.24, 2.45) is 0 Å². The van der Waals surface area contributed by atoms with E-state index in [1.54, 1.807) is 0 Å². The van der Waals surface area contributed by atoms with Gasteiger partial charge in [-0.2, -0.15) is 13.2 Å². The van der Waals surface area contributed by atoms with Gasteiger partial charge in [0.25, 0.3) is 0 Å². The average molecular weight is 306 g/mol. The third kappa shape index (κ3) is 5.32. The number of hydrogen-bond donors (Lipinski definition) is 2. The van der Waals surface area contributed by atoms with Gasteiger partial charge < -0.3 is 11.1 Å². The van der Waals surface area contributed by atoms with Crippen molar-refractivity contribution < 1.29 is 18.0 Å². The van der Waals surface area contributed by atoms with Crippen LogP contribution in [0.1, 0.15) is 25.8 Å². The summed E-state index contributed by atoms with van der Waals surface area (Å²) < 4.78 is 37.4. The van der Waals surface area contributed by atoms with E-state index >= 15 is 0 Å². The van der Waals surface area contributed by atoms with Crippen LogP contribution in [0.2, 0.25) is 0 Å². The Hall–Kier alpha value is -1.37. The number of benzene rings is 1. The third-order valence-corrected chi connectivity index (χ3v) is 3.46. The monoisotopic (exact) mass is 306 g/mol. The maximum absolute atomic E-state index is 12.5. The fraction of sp³-hybridized carbons (Fsp3) is 0.462. The lowest BCUT2D eigenvalue weighted by Crippen LogP contribution is -2.30. The minimum atomic E-state index is -4.39.